The van der Waals surface area contributed by atoms with Crippen molar-refractivity contribution in [2.75, 3.05) is 6.61 Å². The molecular weight excluding hydrogens is 158 g/mol. The van der Waals surface area contributed by atoms with Crippen molar-refractivity contribution in [2.45, 2.75) is 6.92 Å². The van der Waals surface area contributed by atoms with E-state index in [0.29, 0.717) is 12.4 Å². The maximum atomic E-state index is 10.5. The SMILES string of the molecule is CCOc1cnc(C(N)=O)nc1. The Morgan fingerprint density at radius 1 is 1.58 bits per heavy atom. The van der Waals surface area contributed by atoms with Gasteiger partial charge >= 0.3 is 0 Å². The van der Waals surface area contributed by atoms with Crippen molar-refractivity contribution in [1.82, 2.24) is 9.97 Å². The van der Waals surface area contributed by atoms with E-state index in [-0.39, 0.29) is 5.82 Å². The van der Waals surface area contributed by atoms with Gasteiger partial charge in [-0.05, 0) is 6.92 Å². The summed E-state index contributed by atoms with van der Waals surface area (Å²) in [6.07, 6.45) is 2.83. The molecule has 0 saturated carbocycles. The highest BCUT2D eigenvalue weighted by molar-refractivity contribution is 5.88. The summed E-state index contributed by atoms with van der Waals surface area (Å²) >= 11 is 0. The molecule has 0 bridgehead atoms. The third kappa shape index (κ3) is 1.91. The van der Waals surface area contributed by atoms with Crippen LogP contribution in [0.3, 0.4) is 0 Å². The zero-order valence-electron chi connectivity index (χ0n) is 6.65. The molecule has 1 aromatic heterocycles. The van der Waals surface area contributed by atoms with Gasteiger partial charge in [0.15, 0.2) is 5.75 Å². The van der Waals surface area contributed by atoms with E-state index in [1.165, 1.54) is 12.4 Å². The van der Waals surface area contributed by atoms with Gasteiger partial charge in [-0.15, -0.1) is 0 Å². The number of ether oxygens (including phenoxy) is 1. The second-order valence-electron chi connectivity index (χ2n) is 2.04. The summed E-state index contributed by atoms with van der Waals surface area (Å²) in [6.45, 7) is 2.39. The maximum absolute atomic E-state index is 10.5. The van der Waals surface area contributed by atoms with Crippen LogP contribution in [0.2, 0.25) is 0 Å². The second kappa shape index (κ2) is 3.66. The van der Waals surface area contributed by atoms with E-state index < -0.39 is 5.91 Å². The number of hydrogen-bond acceptors (Lipinski definition) is 4. The molecule has 0 atom stereocenters. The maximum Gasteiger partial charge on any atom is 0.286 e. The second-order valence-corrected chi connectivity index (χ2v) is 2.04. The van der Waals surface area contributed by atoms with Gasteiger partial charge < -0.3 is 10.5 Å². The molecule has 0 aliphatic rings. The quantitative estimate of drug-likeness (QED) is 0.685. The number of primary amides is 1. The Labute approximate surface area is 69.6 Å². The number of nitrogens with zero attached hydrogens (tertiary/aromatic N) is 2. The van der Waals surface area contributed by atoms with Crippen LogP contribution < -0.4 is 10.5 Å². The minimum Gasteiger partial charge on any atom is -0.491 e. The number of aromatic nitrogens is 2. The lowest BCUT2D eigenvalue weighted by Crippen LogP contribution is -2.14. The molecule has 0 unspecified atom stereocenters. The summed E-state index contributed by atoms with van der Waals surface area (Å²) in [5, 5.41) is 0. The lowest BCUT2D eigenvalue weighted by molar-refractivity contribution is 0.0990. The van der Waals surface area contributed by atoms with Gasteiger partial charge in [-0.1, -0.05) is 0 Å². The Hall–Kier alpha value is -1.65. The fraction of sp³-hybridized carbons (Fsp3) is 0.286. The molecule has 0 aliphatic heterocycles. The Bertz CT molecular complexity index is 270. The molecule has 1 aromatic rings. The number of carbonyl (C=O) groups excluding carboxylic acids is 1. The van der Waals surface area contributed by atoms with Crippen LogP contribution in [0, 0.1) is 0 Å². The molecule has 0 spiro atoms. The molecule has 0 radical (unpaired) electrons. The van der Waals surface area contributed by atoms with Gasteiger partial charge in [0.2, 0.25) is 5.82 Å². The van der Waals surface area contributed by atoms with Crippen LogP contribution in [0.15, 0.2) is 12.4 Å². The van der Waals surface area contributed by atoms with Crippen LogP contribution in [0.4, 0.5) is 0 Å². The Balaban J connectivity index is 2.78. The highest BCUT2D eigenvalue weighted by atomic mass is 16.5. The number of nitrogens with two attached hydrogens (primary N) is 1. The van der Waals surface area contributed by atoms with E-state index in [2.05, 4.69) is 9.97 Å². The molecule has 1 rings (SSSR count). The smallest absolute Gasteiger partial charge is 0.286 e. The normalized spacial score (nSPS) is 9.42. The van der Waals surface area contributed by atoms with Crippen molar-refractivity contribution in [3.05, 3.63) is 18.2 Å². The van der Waals surface area contributed by atoms with E-state index >= 15 is 0 Å². The average molecular weight is 167 g/mol. The number of carbonyl (C=O) groups is 1. The van der Waals surface area contributed by atoms with Crippen molar-refractivity contribution in [1.29, 1.82) is 0 Å². The predicted molar refractivity (Wildman–Crippen MR) is 41.7 cm³/mol. The minimum atomic E-state index is -0.641. The van der Waals surface area contributed by atoms with Crippen LogP contribution >= 0.6 is 0 Å². The fourth-order valence-corrected chi connectivity index (χ4v) is 0.685. The minimum absolute atomic E-state index is 0.00143. The average Bonchev–Trinajstić information content (AvgIpc) is 2.06. The zero-order valence-corrected chi connectivity index (χ0v) is 6.65. The molecule has 5 heteroatoms. The lowest BCUT2D eigenvalue weighted by Gasteiger charge is -2.00. The molecule has 0 fully saturated rings. The molecule has 0 aromatic carbocycles. The third-order valence-electron chi connectivity index (χ3n) is 1.16. The van der Waals surface area contributed by atoms with Crippen LogP contribution in [-0.2, 0) is 0 Å². The first-order valence-electron chi connectivity index (χ1n) is 3.48. The highest BCUT2D eigenvalue weighted by Gasteiger charge is 2.02. The third-order valence-corrected chi connectivity index (χ3v) is 1.16. The molecule has 0 aliphatic carbocycles. The van der Waals surface area contributed by atoms with Gasteiger partial charge in [0.25, 0.3) is 5.91 Å². The Morgan fingerprint density at radius 2 is 2.17 bits per heavy atom. The van der Waals surface area contributed by atoms with Crippen LogP contribution in [0.25, 0.3) is 0 Å². The lowest BCUT2D eigenvalue weighted by atomic mass is 10.5. The summed E-state index contributed by atoms with van der Waals surface area (Å²) in [5.41, 5.74) is 4.93. The standard InChI is InChI=1S/C7H9N3O2/c1-2-12-5-3-9-7(6(8)11)10-4-5/h3-4H,2H2,1H3,(H2,8,11). The molecule has 64 valence electrons. The van der Waals surface area contributed by atoms with Gasteiger partial charge in [0.1, 0.15) is 0 Å². The van der Waals surface area contributed by atoms with Crippen molar-refractivity contribution < 1.29 is 9.53 Å². The van der Waals surface area contributed by atoms with E-state index in [0.717, 1.165) is 0 Å². The summed E-state index contributed by atoms with van der Waals surface area (Å²) < 4.78 is 5.06. The van der Waals surface area contributed by atoms with Crippen molar-refractivity contribution in [2.24, 2.45) is 5.73 Å². The van der Waals surface area contributed by atoms with E-state index in [1.54, 1.807) is 0 Å². The van der Waals surface area contributed by atoms with Crippen LogP contribution in [-0.4, -0.2) is 22.5 Å². The highest BCUT2D eigenvalue weighted by Crippen LogP contribution is 2.04. The van der Waals surface area contributed by atoms with E-state index in [4.69, 9.17) is 10.5 Å². The molecule has 1 heterocycles. The van der Waals surface area contributed by atoms with Gasteiger partial charge in [-0.3, -0.25) is 4.79 Å². The predicted octanol–water partition coefficient (Wildman–Crippen LogP) is -0.0258. The Kier molecular flexibility index (Phi) is 2.57. The summed E-state index contributed by atoms with van der Waals surface area (Å²) in [4.78, 5) is 17.9. The summed E-state index contributed by atoms with van der Waals surface area (Å²) in [5.74, 6) is -0.112. The van der Waals surface area contributed by atoms with Crippen LogP contribution in [0.1, 0.15) is 17.5 Å². The summed E-state index contributed by atoms with van der Waals surface area (Å²) in [7, 11) is 0. The molecule has 0 saturated heterocycles. The monoisotopic (exact) mass is 167 g/mol. The van der Waals surface area contributed by atoms with Gasteiger partial charge in [0.05, 0.1) is 19.0 Å². The molecule has 5 nitrogen and oxygen atoms in total. The fourth-order valence-electron chi connectivity index (χ4n) is 0.685. The van der Waals surface area contributed by atoms with Gasteiger partial charge in [-0.25, -0.2) is 9.97 Å². The number of hydrogen-bond donors (Lipinski definition) is 1. The van der Waals surface area contributed by atoms with Crippen molar-refractivity contribution in [3.8, 4) is 5.75 Å². The largest absolute Gasteiger partial charge is 0.491 e. The van der Waals surface area contributed by atoms with Gasteiger partial charge in [-0.2, -0.15) is 0 Å². The topological polar surface area (TPSA) is 78.1 Å². The molecule has 1 amide bonds. The van der Waals surface area contributed by atoms with E-state index in [1.807, 2.05) is 6.92 Å². The molecular formula is C7H9N3O2. The zero-order chi connectivity index (χ0) is 8.97. The van der Waals surface area contributed by atoms with E-state index in [9.17, 15) is 4.79 Å². The Morgan fingerprint density at radius 3 is 2.58 bits per heavy atom. The number of rotatable bonds is 3. The molecule has 12 heavy (non-hydrogen) atoms. The number of amides is 1. The van der Waals surface area contributed by atoms with Crippen molar-refractivity contribution >= 4 is 5.91 Å². The first-order valence-corrected chi connectivity index (χ1v) is 3.48. The van der Waals surface area contributed by atoms with Gasteiger partial charge in [0, 0.05) is 0 Å². The first-order chi connectivity index (χ1) is 5.74. The van der Waals surface area contributed by atoms with Crippen LogP contribution in [0.5, 0.6) is 5.75 Å². The summed E-state index contributed by atoms with van der Waals surface area (Å²) in [6, 6.07) is 0. The van der Waals surface area contributed by atoms with Crippen molar-refractivity contribution in [3.63, 3.8) is 0 Å². The first kappa shape index (κ1) is 8.45. The molecule has 2 N–H and O–H groups in total.